The van der Waals surface area contributed by atoms with Gasteiger partial charge >= 0.3 is 5.97 Å². The van der Waals surface area contributed by atoms with Crippen molar-refractivity contribution in [2.45, 2.75) is 45.1 Å². The van der Waals surface area contributed by atoms with E-state index in [1.165, 1.54) is 11.8 Å². The molecule has 2 aliphatic rings. The summed E-state index contributed by atoms with van der Waals surface area (Å²) in [6.07, 6.45) is 0.696. The SMILES string of the molecule is CCOc1ccc([C@H]2C(C(=O)OCc3ccccc3)=C(C)N=C3S[C@@H](CC)C(=O)N32)cc1. The number of esters is 1. The molecule has 0 radical (unpaired) electrons. The summed E-state index contributed by atoms with van der Waals surface area (Å²) in [4.78, 5) is 32.7. The van der Waals surface area contributed by atoms with Gasteiger partial charge in [0.2, 0.25) is 5.91 Å². The lowest BCUT2D eigenvalue weighted by Gasteiger charge is -2.33. The molecule has 0 saturated carbocycles. The molecule has 2 aromatic rings. The minimum atomic E-state index is -0.585. The van der Waals surface area contributed by atoms with Gasteiger partial charge in [0.1, 0.15) is 12.4 Å². The first-order valence-corrected chi connectivity index (χ1v) is 11.6. The summed E-state index contributed by atoms with van der Waals surface area (Å²) in [5.74, 6) is 0.241. The predicted octanol–water partition coefficient (Wildman–Crippen LogP) is 4.87. The van der Waals surface area contributed by atoms with Gasteiger partial charge in [-0.2, -0.15) is 0 Å². The number of hydrogen-bond donors (Lipinski definition) is 0. The van der Waals surface area contributed by atoms with Crippen LogP contribution in [0.1, 0.15) is 44.4 Å². The number of fused-ring (bicyclic) bond motifs is 1. The second-order valence-corrected chi connectivity index (χ2v) is 8.75. The quantitative estimate of drug-likeness (QED) is 0.563. The van der Waals surface area contributed by atoms with E-state index in [-0.39, 0.29) is 17.8 Å². The molecule has 0 spiro atoms. The third-order valence-electron chi connectivity index (χ3n) is 5.46. The summed E-state index contributed by atoms with van der Waals surface area (Å²) < 4.78 is 11.2. The zero-order chi connectivity index (χ0) is 22.7. The molecule has 7 heteroatoms. The third-order valence-corrected chi connectivity index (χ3v) is 6.78. The highest BCUT2D eigenvalue weighted by Gasteiger charge is 2.47. The van der Waals surface area contributed by atoms with Crippen molar-refractivity contribution in [2.24, 2.45) is 4.99 Å². The lowest BCUT2D eigenvalue weighted by Crippen LogP contribution is -2.40. The Morgan fingerprint density at radius 2 is 1.81 bits per heavy atom. The molecule has 166 valence electrons. The average molecular weight is 451 g/mol. The number of hydrogen-bond acceptors (Lipinski definition) is 6. The van der Waals surface area contributed by atoms with Crippen molar-refractivity contribution in [1.82, 2.24) is 4.90 Å². The number of allylic oxidation sites excluding steroid dienone is 1. The molecule has 0 aliphatic carbocycles. The van der Waals surface area contributed by atoms with Crippen LogP contribution in [0.15, 0.2) is 70.9 Å². The van der Waals surface area contributed by atoms with Gasteiger partial charge < -0.3 is 9.47 Å². The summed E-state index contributed by atoms with van der Waals surface area (Å²) >= 11 is 1.46. The predicted molar refractivity (Wildman–Crippen MR) is 125 cm³/mol. The molecule has 2 heterocycles. The number of aliphatic imine (C=N–C) groups is 1. The molecular weight excluding hydrogens is 424 g/mol. The largest absolute Gasteiger partial charge is 0.494 e. The van der Waals surface area contributed by atoms with Gasteiger partial charge in [-0.25, -0.2) is 9.79 Å². The molecule has 0 N–H and O–H groups in total. The third kappa shape index (κ3) is 4.30. The minimum absolute atomic E-state index is 0.0315. The van der Waals surface area contributed by atoms with Crippen LogP contribution in [0.3, 0.4) is 0 Å². The Hall–Kier alpha value is -3.06. The van der Waals surface area contributed by atoms with Crippen LogP contribution in [0.4, 0.5) is 0 Å². The fourth-order valence-corrected chi connectivity index (χ4v) is 5.01. The lowest BCUT2D eigenvalue weighted by molar-refractivity contribution is -0.141. The highest BCUT2D eigenvalue weighted by Crippen LogP contribution is 2.44. The number of thioether (sulfide) groups is 1. The van der Waals surface area contributed by atoms with Gasteiger partial charge in [0.25, 0.3) is 0 Å². The maximum absolute atomic E-state index is 13.3. The van der Waals surface area contributed by atoms with Crippen LogP contribution in [0, 0.1) is 0 Å². The summed E-state index contributed by atoms with van der Waals surface area (Å²) in [5, 5.41) is 0.435. The molecule has 2 aromatic carbocycles. The molecule has 0 bridgehead atoms. The number of carbonyl (C=O) groups excluding carboxylic acids is 2. The van der Waals surface area contributed by atoms with Crippen LogP contribution in [0.25, 0.3) is 0 Å². The van der Waals surface area contributed by atoms with Gasteiger partial charge in [0, 0.05) is 0 Å². The average Bonchev–Trinajstić information content (AvgIpc) is 3.13. The smallest absolute Gasteiger partial charge is 0.338 e. The van der Waals surface area contributed by atoms with Gasteiger partial charge in [-0.05, 0) is 43.5 Å². The number of amides is 1. The van der Waals surface area contributed by atoms with Crippen molar-refractivity contribution in [3.8, 4) is 5.75 Å². The van der Waals surface area contributed by atoms with Crippen molar-refractivity contribution in [1.29, 1.82) is 0 Å². The van der Waals surface area contributed by atoms with E-state index in [1.807, 2.05) is 68.4 Å². The van der Waals surface area contributed by atoms with E-state index < -0.39 is 12.0 Å². The van der Waals surface area contributed by atoms with Crippen molar-refractivity contribution in [3.63, 3.8) is 0 Å². The fourth-order valence-electron chi connectivity index (χ4n) is 3.88. The molecule has 6 nitrogen and oxygen atoms in total. The highest BCUT2D eigenvalue weighted by molar-refractivity contribution is 8.15. The highest BCUT2D eigenvalue weighted by atomic mass is 32.2. The van der Waals surface area contributed by atoms with E-state index in [0.717, 1.165) is 16.9 Å². The summed E-state index contributed by atoms with van der Waals surface area (Å²) in [5.41, 5.74) is 2.68. The molecule has 4 rings (SSSR count). The normalized spacial score (nSPS) is 20.2. The van der Waals surface area contributed by atoms with Crippen molar-refractivity contribution < 1.29 is 19.1 Å². The first kappa shape index (κ1) is 22.1. The van der Waals surface area contributed by atoms with Gasteiger partial charge in [0.15, 0.2) is 5.17 Å². The van der Waals surface area contributed by atoms with Crippen LogP contribution in [0.5, 0.6) is 5.75 Å². The van der Waals surface area contributed by atoms with Crippen LogP contribution in [-0.2, 0) is 20.9 Å². The second-order valence-electron chi connectivity index (χ2n) is 7.58. The number of ether oxygens (including phenoxy) is 2. The molecule has 1 fully saturated rings. The number of amidine groups is 1. The van der Waals surface area contributed by atoms with E-state index in [1.54, 1.807) is 11.8 Å². The zero-order valence-electron chi connectivity index (χ0n) is 18.4. The molecular formula is C25H26N2O4S. The van der Waals surface area contributed by atoms with Crippen molar-refractivity contribution in [2.75, 3.05) is 6.61 Å². The monoisotopic (exact) mass is 450 g/mol. The molecule has 0 unspecified atom stereocenters. The Morgan fingerprint density at radius 1 is 1.09 bits per heavy atom. The summed E-state index contributed by atoms with van der Waals surface area (Å²) in [6, 6.07) is 16.5. The number of carbonyl (C=O) groups is 2. The van der Waals surface area contributed by atoms with E-state index in [2.05, 4.69) is 4.99 Å². The van der Waals surface area contributed by atoms with Crippen LogP contribution in [-0.4, -0.2) is 33.8 Å². The first-order chi connectivity index (χ1) is 15.5. The molecule has 0 aromatic heterocycles. The van der Waals surface area contributed by atoms with Crippen molar-refractivity contribution >= 4 is 28.8 Å². The maximum Gasteiger partial charge on any atom is 0.338 e. The van der Waals surface area contributed by atoms with Crippen LogP contribution >= 0.6 is 11.8 Å². The van der Waals surface area contributed by atoms with E-state index >= 15 is 0 Å². The number of benzene rings is 2. The molecule has 1 saturated heterocycles. The Balaban J connectivity index is 1.69. The Bertz CT molecular complexity index is 1060. The Kier molecular flexibility index (Phi) is 6.65. The van der Waals surface area contributed by atoms with Crippen molar-refractivity contribution in [3.05, 3.63) is 77.0 Å². The van der Waals surface area contributed by atoms with E-state index in [9.17, 15) is 9.59 Å². The Morgan fingerprint density at radius 3 is 2.47 bits per heavy atom. The minimum Gasteiger partial charge on any atom is -0.494 e. The van der Waals surface area contributed by atoms with E-state index in [0.29, 0.717) is 29.5 Å². The molecule has 1 amide bonds. The van der Waals surface area contributed by atoms with Gasteiger partial charge in [-0.15, -0.1) is 0 Å². The van der Waals surface area contributed by atoms with Gasteiger partial charge in [-0.3, -0.25) is 9.69 Å². The standard InChI is InChI=1S/C25H26N2O4S/c1-4-20-23(28)27-22(18-11-13-19(14-12-18)30-5-2)21(16(3)26-25(27)32-20)24(29)31-15-17-9-7-6-8-10-17/h6-14,20,22H,4-5,15H2,1-3H3/t20-,22-/m0/s1. The molecule has 2 atom stereocenters. The Labute approximate surface area is 192 Å². The summed E-state index contributed by atoms with van der Waals surface area (Å²) in [7, 11) is 0. The maximum atomic E-state index is 13.3. The summed E-state index contributed by atoms with van der Waals surface area (Å²) in [6.45, 7) is 6.43. The van der Waals surface area contributed by atoms with Crippen LogP contribution < -0.4 is 4.74 Å². The van der Waals surface area contributed by atoms with E-state index in [4.69, 9.17) is 9.47 Å². The number of nitrogens with zero attached hydrogens (tertiary/aromatic N) is 2. The zero-order valence-corrected chi connectivity index (χ0v) is 19.2. The lowest BCUT2D eigenvalue weighted by atomic mass is 9.94. The topological polar surface area (TPSA) is 68.2 Å². The van der Waals surface area contributed by atoms with Gasteiger partial charge in [0.05, 0.1) is 29.2 Å². The first-order valence-electron chi connectivity index (χ1n) is 10.8. The van der Waals surface area contributed by atoms with Crippen LogP contribution in [0.2, 0.25) is 0 Å². The van der Waals surface area contributed by atoms with Gasteiger partial charge in [-0.1, -0.05) is 61.2 Å². The fraction of sp³-hybridized carbons (Fsp3) is 0.320. The number of rotatable bonds is 7. The second kappa shape index (κ2) is 9.61. The molecule has 2 aliphatic heterocycles. The molecule has 32 heavy (non-hydrogen) atoms.